The average molecular weight is 512 g/mol. The standard InChI is InChI=1S/C26H30BrN3O3/c1-4-17(2)33-24-19(11-8-12-23(24)32-3)16-28-30-25(18-9-6-5-7-10-18)29-22-14-13-20(27)15-21(22)26(30)31/h8,11-18H,4-7,9-10H2,1-3H3/t17-/m0/s1. The van der Waals surface area contributed by atoms with E-state index in [4.69, 9.17) is 14.5 Å². The van der Waals surface area contributed by atoms with Crippen LogP contribution >= 0.6 is 15.9 Å². The van der Waals surface area contributed by atoms with E-state index in [9.17, 15) is 4.79 Å². The molecule has 4 rings (SSSR count). The molecule has 1 aliphatic rings. The van der Waals surface area contributed by atoms with Crippen molar-refractivity contribution in [3.63, 3.8) is 0 Å². The summed E-state index contributed by atoms with van der Waals surface area (Å²) in [6.45, 7) is 4.09. The van der Waals surface area contributed by atoms with E-state index in [1.807, 2.05) is 43.3 Å². The molecule has 1 aliphatic carbocycles. The fourth-order valence-electron chi connectivity index (χ4n) is 4.23. The lowest BCUT2D eigenvalue weighted by molar-refractivity contribution is 0.207. The largest absolute Gasteiger partial charge is 0.493 e. The number of hydrogen-bond donors (Lipinski definition) is 0. The van der Waals surface area contributed by atoms with Gasteiger partial charge in [-0.2, -0.15) is 9.78 Å². The first-order valence-corrected chi connectivity index (χ1v) is 12.4. The lowest BCUT2D eigenvalue weighted by Crippen LogP contribution is -2.25. The molecular formula is C26H30BrN3O3. The Bertz CT molecular complexity index is 1220. The van der Waals surface area contributed by atoms with Gasteiger partial charge >= 0.3 is 0 Å². The van der Waals surface area contributed by atoms with Crippen molar-refractivity contribution >= 4 is 33.0 Å². The van der Waals surface area contributed by atoms with Crippen molar-refractivity contribution in [3.8, 4) is 11.5 Å². The second-order valence-corrected chi connectivity index (χ2v) is 9.46. The molecule has 0 radical (unpaired) electrons. The van der Waals surface area contributed by atoms with E-state index in [-0.39, 0.29) is 17.6 Å². The number of methoxy groups -OCH3 is 1. The molecule has 0 saturated heterocycles. The van der Waals surface area contributed by atoms with Crippen molar-refractivity contribution in [2.75, 3.05) is 7.11 Å². The molecular weight excluding hydrogens is 482 g/mol. The van der Waals surface area contributed by atoms with E-state index < -0.39 is 0 Å². The van der Waals surface area contributed by atoms with Gasteiger partial charge in [0.25, 0.3) is 5.56 Å². The highest BCUT2D eigenvalue weighted by Gasteiger charge is 2.23. The van der Waals surface area contributed by atoms with Gasteiger partial charge in [0, 0.05) is 16.0 Å². The summed E-state index contributed by atoms with van der Waals surface area (Å²) in [5, 5.41) is 5.21. The van der Waals surface area contributed by atoms with Gasteiger partial charge in [0.1, 0.15) is 5.82 Å². The Balaban J connectivity index is 1.84. The van der Waals surface area contributed by atoms with Gasteiger partial charge in [-0.3, -0.25) is 4.79 Å². The fourth-order valence-corrected chi connectivity index (χ4v) is 4.59. The van der Waals surface area contributed by atoms with E-state index in [2.05, 4.69) is 28.0 Å². The van der Waals surface area contributed by atoms with Crippen molar-refractivity contribution in [1.82, 2.24) is 9.66 Å². The molecule has 1 fully saturated rings. The Labute approximate surface area is 202 Å². The number of aromatic nitrogens is 2. The summed E-state index contributed by atoms with van der Waals surface area (Å²) >= 11 is 3.47. The second kappa shape index (κ2) is 10.5. The van der Waals surface area contributed by atoms with E-state index in [1.165, 1.54) is 11.1 Å². The summed E-state index contributed by atoms with van der Waals surface area (Å²) in [5.74, 6) is 2.22. The highest BCUT2D eigenvalue weighted by Crippen LogP contribution is 2.33. The van der Waals surface area contributed by atoms with Crippen LogP contribution in [0.1, 0.15) is 69.7 Å². The van der Waals surface area contributed by atoms with Crippen molar-refractivity contribution < 1.29 is 9.47 Å². The summed E-state index contributed by atoms with van der Waals surface area (Å²) in [7, 11) is 1.62. The molecule has 7 heteroatoms. The third-order valence-corrected chi connectivity index (χ3v) is 6.73. The molecule has 1 heterocycles. The Morgan fingerprint density at radius 3 is 2.76 bits per heavy atom. The number of benzene rings is 2. The first-order valence-electron chi connectivity index (χ1n) is 11.6. The maximum absolute atomic E-state index is 13.5. The predicted molar refractivity (Wildman–Crippen MR) is 136 cm³/mol. The van der Waals surface area contributed by atoms with E-state index in [0.29, 0.717) is 22.4 Å². The van der Waals surface area contributed by atoms with Gasteiger partial charge in [0.05, 0.1) is 30.3 Å². The molecule has 0 amide bonds. The summed E-state index contributed by atoms with van der Waals surface area (Å²) < 4.78 is 14.0. The zero-order valence-electron chi connectivity index (χ0n) is 19.4. The Kier molecular flexibility index (Phi) is 7.48. The maximum Gasteiger partial charge on any atom is 0.282 e. The normalized spacial score (nSPS) is 15.8. The van der Waals surface area contributed by atoms with Gasteiger partial charge < -0.3 is 9.47 Å². The minimum atomic E-state index is -0.162. The average Bonchev–Trinajstić information content (AvgIpc) is 2.84. The predicted octanol–water partition coefficient (Wildman–Crippen LogP) is 6.27. The molecule has 174 valence electrons. The fraction of sp³-hybridized carbons (Fsp3) is 0.423. The quantitative estimate of drug-likeness (QED) is 0.350. The molecule has 0 bridgehead atoms. The lowest BCUT2D eigenvalue weighted by atomic mass is 9.88. The Hall–Kier alpha value is -2.67. The van der Waals surface area contributed by atoms with Gasteiger partial charge in [-0.1, -0.05) is 48.2 Å². The Morgan fingerprint density at radius 1 is 1.24 bits per heavy atom. The third kappa shape index (κ3) is 5.13. The van der Waals surface area contributed by atoms with Crippen LogP contribution in [0.5, 0.6) is 11.5 Å². The maximum atomic E-state index is 13.5. The van der Waals surface area contributed by atoms with Crippen LogP contribution in [0.15, 0.2) is 50.8 Å². The zero-order chi connectivity index (χ0) is 23.4. The van der Waals surface area contributed by atoms with Crippen LogP contribution < -0.4 is 15.0 Å². The summed E-state index contributed by atoms with van der Waals surface area (Å²) in [4.78, 5) is 18.4. The molecule has 6 nitrogen and oxygen atoms in total. The van der Waals surface area contributed by atoms with Crippen LogP contribution in [-0.4, -0.2) is 29.1 Å². The molecule has 1 aromatic heterocycles. The molecule has 1 atom stereocenters. The van der Waals surface area contributed by atoms with E-state index in [1.54, 1.807) is 13.3 Å². The number of para-hydroxylation sites is 1. The van der Waals surface area contributed by atoms with Crippen molar-refractivity contribution in [3.05, 3.63) is 62.6 Å². The lowest BCUT2D eigenvalue weighted by Gasteiger charge is -2.23. The molecule has 33 heavy (non-hydrogen) atoms. The van der Waals surface area contributed by atoms with Crippen LogP contribution in [0, 0.1) is 0 Å². The number of hydrogen-bond acceptors (Lipinski definition) is 5. The number of rotatable bonds is 7. The van der Waals surface area contributed by atoms with Gasteiger partial charge in [-0.25, -0.2) is 4.98 Å². The van der Waals surface area contributed by atoms with Crippen molar-refractivity contribution in [1.29, 1.82) is 0 Å². The zero-order valence-corrected chi connectivity index (χ0v) is 21.0. The minimum Gasteiger partial charge on any atom is -0.493 e. The van der Waals surface area contributed by atoms with Crippen LogP contribution in [0.4, 0.5) is 0 Å². The molecule has 0 unspecified atom stereocenters. The first kappa shape index (κ1) is 23.5. The van der Waals surface area contributed by atoms with Crippen LogP contribution in [0.3, 0.4) is 0 Å². The number of nitrogens with zero attached hydrogens (tertiary/aromatic N) is 3. The number of ether oxygens (including phenoxy) is 2. The molecule has 0 N–H and O–H groups in total. The second-order valence-electron chi connectivity index (χ2n) is 8.54. The highest BCUT2D eigenvalue weighted by atomic mass is 79.9. The summed E-state index contributed by atoms with van der Waals surface area (Å²) in [6.07, 6.45) is 8.12. The summed E-state index contributed by atoms with van der Waals surface area (Å²) in [5.41, 5.74) is 1.30. The van der Waals surface area contributed by atoms with Gasteiger partial charge in [-0.05, 0) is 56.5 Å². The molecule has 0 aliphatic heterocycles. The van der Waals surface area contributed by atoms with Crippen molar-refractivity contribution in [2.24, 2.45) is 5.10 Å². The molecule has 2 aromatic carbocycles. The van der Waals surface area contributed by atoms with E-state index >= 15 is 0 Å². The molecule has 1 saturated carbocycles. The number of fused-ring (bicyclic) bond motifs is 1. The summed E-state index contributed by atoms with van der Waals surface area (Å²) in [6, 6.07) is 11.3. The van der Waals surface area contributed by atoms with Gasteiger partial charge in [-0.15, -0.1) is 0 Å². The minimum absolute atomic E-state index is 0.0219. The Morgan fingerprint density at radius 2 is 2.03 bits per heavy atom. The third-order valence-electron chi connectivity index (χ3n) is 6.24. The smallest absolute Gasteiger partial charge is 0.282 e. The topological polar surface area (TPSA) is 65.7 Å². The first-order chi connectivity index (χ1) is 16.0. The SMILES string of the molecule is CC[C@H](C)Oc1c(C=Nn2c(C3CCCCC3)nc3ccc(Br)cc3c2=O)cccc1OC. The van der Waals surface area contributed by atoms with Crippen LogP contribution in [0.25, 0.3) is 10.9 Å². The van der Waals surface area contributed by atoms with Gasteiger partial charge in [0.2, 0.25) is 0 Å². The van der Waals surface area contributed by atoms with Crippen LogP contribution in [-0.2, 0) is 0 Å². The monoisotopic (exact) mass is 511 g/mol. The molecule has 3 aromatic rings. The highest BCUT2D eigenvalue weighted by molar-refractivity contribution is 9.10. The molecule has 0 spiro atoms. The van der Waals surface area contributed by atoms with E-state index in [0.717, 1.165) is 48.0 Å². The number of halogens is 1. The van der Waals surface area contributed by atoms with Crippen molar-refractivity contribution in [2.45, 2.75) is 64.4 Å². The van der Waals surface area contributed by atoms with Crippen LogP contribution in [0.2, 0.25) is 0 Å². The van der Waals surface area contributed by atoms with Gasteiger partial charge in [0.15, 0.2) is 11.5 Å².